The molecular weight excluding hydrogens is 192 g/mol. The van der Waals surface area contributed by atoms with E-state index in [1.165, 1.54) is 25.7 Å². The van der Waals surface area contributed by atoms with Crippen LogP contribution in [0.1, 0.15) is 81.1 Å². The van der Waals surface area contributed by atoms with Crippen molar-refractivity contribution in [3.05, 3.63) is 0 Å². The van der Waals surface area contributed by atoms with Crippen LogP contribution in [0.5, 0.6) is 0 Å². The fraction of sp³-hybridized carbons (Fsp3) is 1.00. The van der Waals surface area contributed by atoms with Gasteiger partial charge in [0.05, 0.1) is 0 Å². The molecule has 0 aliphatic heterocycles. The highest BCUT2D eigenvalue weighted by atomic mass is 14.4. The summed E-state index contributed by atoms with van der Waals surface area (Å²) >= 11 is 0. The Labute approximate surface area is 104 Å². The first-order valence-electron chi connectivity index (χ1n) is 7.19. The summed E-state index contributed by atoms with van der Waals surface area (Å²) in [4.78, 5) is 0. The molecule has 0 amide bonds. The van der Waals surface area contributed by atoms with Gasteiger partial charge in [-0.05, 0) is 35.5 Å². The van der Waals surface area contributed by atoms with Crippen LogP contribution in [0.15, 0.2) is 0 Å². The highest BCUT2D eigenvalue weighted by molar-refractivity contribution is 4.82. The predicted molar refractivity (Wildman–Crippen MR) is 75.7 cm³/mol. The van der Waals surface area contributed by atoms with Gasteiger partial charge in [-0.1, -0.05) is 68.2 Å². The molecule has 0 saturated heterocycles. The Morgan fingerprint density at radius 3 is 1.69 bits per heavy atom. The quantitative estimate of drug-likeness (QED) is 0.506. The lowest BCUT2D eigenvalue weighted by Crippen LogP contribution is -2.28. The van der Waals surface area contributed by atoms with Gasteiger partial charge in [-0.3, -0.25) is 0 Å². The summed E-state index contributed by atoms with van der Waals surface area (Å²) in [6.45, 7) is 19.2. The SMILES string of the molecule is CCC(C)C(C)(C)CCC(C)(CC)C(C)C. The summed E-state index contributed by atoms with van der Waals surface area (Å²) in [6, 6.07) is 0. The van der Waals surface area contributed by atoms with Crippen LogP contribution in [0.3, 0.4) is 0 Å². The van der Waals surface area contributed by atoms with Gasteiger partial charge in [-0.25, -0.2) is 0 Å². The van der Waals surface area contributed by atoms with Crippen molar-refractivity contribution in [1.29, 1.82) is 0 Å². The van der Waals surface area contributed by atoms with Crippen LogP contribution in [0.2, 0.25) is 0 Å². The predicted octanol–water partition coefficient (Wildman–Crippen LogP) is 5.91. The largest absolute Gasteiger partial charge is 0.0651 e. The van der Waals surface area contributed by atoms with Crippen LogP contribution in [0.25, 0.3) is 0 Å². The monoisotopic (exact) mass is 226 g/mol. The maximum Gasteiger partial charge on any atom is -0.0305 e. The van der Waals surface area contributed by atoms with E-state index in [1.807, 2.05) is 0 Å². The molecule has 0 fully saturated rings. The number of hydrogen-bond donors (Lipinski definition) is 0. The molecule has 0 nitrogen and oxygen atoms in total. The molecule has 0 aliphatic rings. The molecule has 0 aliphatic carbocycles. The van der Waals surface area contributed by atoms with E-state index in [0.717, 1.165) is 11.8 Å². The zero-order valence-electron chi connectivity index (χ0n) is 13.0. The Kier molecular flexibility index (Phi) is 6.07. The first-order valence-corrected chi connectivity index (χ1v) is 7.19. The van der Waals surface area contributed by atoms with Crippen LogP contribution >= 0.6 is 0 Å². The van der Waals surface area contributed by atoms with Gasteiger partial charge >= 0.3 is 0 Å². The van der Waals surface area contributed by atoms with Crippen LogP contribution in [-0.2, 0) is 0 Å². The molecule has 2 atom stereocenters. The Morgan fingerprint density at radius 1 is 0.875 bits per heavy atom. The minimum Gasteiger partial charge on any atom is -0.0651 e. The lowest BCUT2D eigenvalue weighted by molar-refractivity contribution is 0.123. The molecule has 0 aromatic rings. The molecule has 0 bridgehead atoms. The molecule has 0 N–H and O–H groups in total. The molecular formula is C16H34. The van der Waals surface area contributed by atoms with Crippen LogP contribution in [0.4, 0.5) is 0 Å². The smallest absolute Gasteiger partial charge is 0.0305 e. The maximum absolute atomic E-state index is 2.46. The van der Waals surface area contributed by atoms with E-state index >= 15 is 0 Å². The summed E-state index contributed by atoms with van der Waals surface area (Å²) in [5, 5.41) is 0. The van der Waals surface area contributed by atoms with Gasteiger partial charge in [0.25, 0.3) is 0 Å². The second-order valence-electron chi connectivity index (χ2n) is 6.96. The van der Waals surface area contributed by atoms with Gasteiger partial charge in [0.1, 0.15) is 0 Å². The lowest BCUT2D eigenvalue weighted by atomic mass is 9.67. The zero-order valence-corrected chi connectivity index (χ0v) is 13.0. The number of rotatable bonds is 7. The van der Waals surface area contributed by atoms with E-state index in [2.05, 4.69) is 55.4 Å². The van der Waals surface area contributed by atoms with Gasteiger partial charge in [-0.15, -0.1) is 0 Å². The topological polar surface area (TPSA) is 0 Å². The van der Waals surface area contributed by atoms with Crippen molar-refractivity contribution < 1.29 is 0 Å². The van der Waals surface area contributed by atoms with E-state index in [1.54, 1.807) is 0 Å². The summed E-state index contributed by atoms with van der Waals surface area (Å²) < 4.78 is 0. The third-order valence-corrected chi connectivity index (χ3v) is 5.49. The zero-order chi connectivity index (χ0) is 13.0. The van der Waals surface area contributed by atoms with E-state index in [4.69, 9.17) is 0 Å². The minimum absolute atomic E-state index is 0.500. The van der Waals surface area contributed by atoms with Crippen LogP contribution in [-0.4, -0.2) is 0 Å². The Balaban J connectivity index is 4.42. The third-order valence-electron chi connectivity index (χ3n) is 5.49. The van der Waals surface area contributed by atoms with E-state index in [0.29, 0.717) is 10.8 Å². The molecule has 0 spiro atoms. The van der Waals surface area contributed by atoms with E-state index in [9.17, 15) is 0 Å². The van der Waals surface area contributed by atoms with E-state index < -0.39 is 0 Å². The molecule has 98 valence electrons. The average molecular weight is 226 g/mol. The number of hydrogen-bond acceptors (Lipinski definition) is 0. The van der Waals surface area contributed by atoms with Crippen molar-refractivity contribution in [3.8, 4) is 0 Å². The van der Waals surface area contributed by atoms with Crippen molar-refractivity contribution >= 4 is 0 Å². The van der Waals surface area contributed by atoms with Crippen LogP contribution < -0.4 is 0 Å². The standard InChI is InChI=1S/C16H34/c1-9-14(5)15(6,7)11-12-16(8,10-2)13(3)4/h13-14H,9-12H2,1-8H3. The van der Waals surface area contributed by atoms with Crippen molar-refractivity contribution in [2.24, 2.45) is 22.7 Å². The fourth-order valence-electron chi connectivity index (χ4n) is 2.28. The van der Waals surface area contributed by atoms with Crippen molar-refractivity contribution in [2.75, 3.05) is 0 Å². The molecule has 2 unspecified atom stereocenters. The molecule has 0 saturated carbocycles. The molecule has 0 rings (SSSR count). The van der Waals surface area contributed by atoms with Gasteiger partial charge < -0.3 is 0 Å². The van der Waals surface area contributed by atoms with Gasteiger partial charge in [0.15, 0.2) is 0 Å². The Bertz CT molecular complexity index is 190. The van der Waals surface area contributed by atoms with Gasteiger partial charge in [-0.2, -0.15) is 0 Å². The first kappa shape index (κ1) is 16.0. The lowest BCUT2D eigenvalue weighted by Gasteiger charge is -2.38. The molecule has 16 heavy (non-hydrogen) atoms. The van der Waals surface area contributed by atoms with Crippen molar-refractivity contribution in [3.63, 3.8) is 0 Å². The minimum atomic E-state index is 0.500. The Morgan fingerprint density at radius 2 is 1.38 bits per heavy atom. The van der Waals surface area contributed by atoms with Crippen LogP contribution in [0, 0.1) is 22.7 Å². The second kappa shape index (κ2) is 6.07. The highest BCUT2D eigenvalue weighted by Gasteiger charge is 2.31. The first-order chi connectivity index (χ1) is 7.19. The van der Waals surface area contributed by atoms with Gasteiger partial charge in [0, 0.05) is 0 Å². The average Bonchev–Trinajstić information content (AvgIpc) is 2.24. The molecule has 0 heteroatoms. The van der Waals surface area contributed by atoms with E-state index in [-0.39, 0.29) is 0 Å². The molecule has 0 radical (unpaired) electrons. The molecule has 0 aromatic carbocycles. The summed E-state index contributed by atoms with van der Waals surface area (Å²) in [5.41, 5.74) is 1.03. The van der Waals surface area contributed by atoms with Gasteiger partial charge in [0.2, 0.25) is 0 Å². The maximum atomic E-state index is 2.46. The highest BCUT2D eigenvalue weighted by Crippen LogP contribution is 2.42. The molecule has 0 aromatic heterocycles. The summed E-state index contributed by atoms with van der Waals surface area (Å²) in [6.07, 6.45) is 5.35. The van der Waals surface area contributed by atoms with Crippen molar-refractivity contribution in [1.82, 2.24) is 0 Å². The summed E-state index contributed by atoms with van der Waals surface area (Å²) in [7, 11) is 0. The molecule has 0 heterocycles. The Hall–Kier alpha value is 0. The fourth-order valence-corrected chi connectivity index (χ4v) is 2.28. The van der Waals surface area contributed by atoms with Crippen molar-refractivity contribution in [2.45, 2.75) is 81.1 Å². The normalized spacial score (nSPS) is 18.6. The third kappa shape index (κ3) is 4.11. The second-order valence-corrected chi connectivity index (χ2v) is 6.96. The summed E-state index contributed by atoms with van der Waals surface area (Å²) in [5.74, 6) is 1.63.